The molecule has 2 aromatic heterocycles. The van der Waals surface area contributed by atoms with Gasteiger partial charge in [-0.15, -0.1) is 0 Å². The molecule has 5 nitrogen and oxygen atoms in total. The summed E-state index contributed by atoms with van der Waals surface area (Å²) < 4.78 is 15.3. The van der Waals surface area contributed by atoms with Crippen molar-refractivity contribution in [2.75, 3.05) is 0 Å². The van der Waals surface area contributed by atoms with Crippen LogP contribution in [0, 0.1) is 12.9 Å². The van der Waals surface area contributed by atoms with E-state index in [1.807, 2.05) is 0 Å². The predicted molar refractivity (Wildman–Crippen MR) is 85.1 cm³/mol. The predicted octanol–water partition coefficient (Wildman–Crippen LogP) is 3.37. The van der Waals surface area contributed by atoms with E-state index in [9.17, 15) is 9.18 Å². The van der Waals surface area contributed by atoms with E-state index in [2.05, 4.69) is 10.1 Å². The van der Waals surface area contributed by atoms with Crippen molar-refractivity contribution in [2.45, 2.75) is 32.4 Å². The van der Waals surface area contributed by atoms with Gasteiger partial charge in [0.15, 0.2) is 0 Å². The van der Waals surface area contributed by atoms with Gasteiger partial charge >= 0.3 is 0 Å². The van der Waals surface area contributed by atoms with Crippen LogP contribution < -0.4 is 0 Å². The van der Waals surface area contributed by atoms with E-state index in [0.29, 0.717) is 16.3 Å². The van der Waals surface area contributed by atoms with Gasteiger partial charge in [-0.1, -0.05) is 23.2 Å². The lowest BCUT2D eigenvalue weighted by Crippen LogP contribution is -2.33. The van der Waals surface area contributed by atoms with Crippen LogP contribution in [0.15, 0.2) is 12.3 Å². The molecule has 1 fully saturated rings. The quantitative estimate of drug-likeness (QED) is 0.789. The maximum atomic E-state index is 14.2. The first kappa shape index (κ1) is 16.2. The first-order valence-electron chi connectivity index (χ1n) is 7.18. The van der Waals surface area contributed by atoms with Crippen molar-refractivity contribution in [3.05, 3.63) is 45.2 Å². The second kappa shape index (κ2) is 6.09. The molecular formula is C15H15Cl2FN4O. The van der Waals surface area contributed by atoms with Crippen LogP contribution in [0.25, 0.3) is 0 Å². The number of aryl methyl sites for hydroxylation is 2. The second-order valence-corrected chi connectivity index (χ2v) is 6.43. The molecule has 1 aliphatic carbocycles. The number of aromatic nitrogens is 3. The Labute approximate surface area is 143 Å². The summed E-state index contributed by atoms with van der Waals surface area (Å²) in [4.78, 5) is 18.4. The molecule has 2 aromatic rings. The fourth-order valence-electron chi connectivity index (χ4n) is 2.51. The third-order valence-electron chi connectivity index (χ3n) is 3.85. The average molecular weight is 357 g/mol. The van der Waals surface area contributed by atoms with Crippen molar-refractivity contribution in [2.24, 2.45) is 7.05 Å². The topological polar surface area (TPSA) is 51.0 Å². The summed E-state index contributed by atoms with van der Waals surface area (Å²) in [5, 5.41) is 4.69. The first-order valence-corrected chi connectivity index (χ1v) is 7.94. The van der Waals surface area contributed by atoms with Gasteiger partial charge in [0, 0.05) is 31.4 Å². The van der Waals surface area contributed by atoms with Crippen molar-refractivity contribution in [1.82, 2.24) is 19.7 Å². The Morgan fingerprint density at radius 1 is 1.48 bits per heavy atom. The number of nitrogens with zero attached hydrogens (tertiary/aromatic N) is 4. The van der Waals surface area contributed by atoms with Gasteiger partial charge in [0.25, 0.3) is 5.91 Å². The van der Waals surface area contributed by atoms with Crippen LogP contribution in [0.3, 0.4) is 0 Å². The standard InChI is InChI=1S/C15H15Cl2FN4O/c1-8-13(14(18)21(2)20-8)15(23)22(10-3-4-10)7-9-6-19-12(17)5-11(9)16/h5-6,10H,3-4,7H2,1-2H3. The highest BCUT2D eigenvalue weighted by atomic mass is 35.5. The molecule has 0 aromatic carbocycles. The van der Waals surface area contributed by atoms with Gasteiger partial charge in [-0.3, -0.25) is 4.79 Å². The van der Waals surface area contributed by atoms with Crippen LogP contribution in [-0.4, -0.2) is 31.6 Å². The van der Waals surface area contributed by atoms with E-state index in [1.165, 1.54) is 13.1 Å². The zero-order valence-corrected chi connectivity index (χ0v) is 14.2. The summed E-state index contributed by atoms with van der Waals surface area (Å²) >= 11 is 12.0. The zero-order valence-electron chi connectivity index (χ0n) is 12.7. The monoisotopic (exact) mass is 356 g/mol. The van der Waals surface area contributed by atoms with E-state index < -0.39 is 5.95 Å². The van der Waals surface area contributed by atoms with Gasteiger partial charge < -0.3 is 4.90 Å². The molecular weight excluding hydrogens is 342 g/mol. The van der Waals surface area contributed by atoms with Crippen molar-refractivity contribution in [3.8, 4) is 0 Å². The Morgan fingerprint density at radius 2 is 2.17 bits per heavy atom. The van der Waals surface area contributed by atoms with Crippen molar-refractivity contribution < 1.29 is 9.18 Å². The minimum atomic E-state index is -0.626. The number of amides is 1. The van der Waals surface area contributed by atoms with Gasteiger partial charge in [0.2, 0.25) is 5.95 Å². The molecule has 1 saturated carbocycles. The van der Waals surface area contributed by atoms with E-state index in [0.717, 1.165) is 17.5 Å². The lowest BCUT2D eigenvalue weighted by Gasteiger charge is -2.22. The van der Waals surface area contributed by atoms with Crippen LogP contribution in [-0.2, 0) is 13.6 Å². The van der Waals surface area contributed by atoms with Gasteiger partial charge in [-0.25, -0.2) is 9.67 Å². The maximum Gasteiger partial charge on any atom is 0.260 e. The molecule has 3 rings (SSSR count). The molecule has 122 valence electrons. The average Bonchev–Trinajstić information content (AvgIpc) is 3.27. The molecule has 0 unspecified atom stereocenters. The highest BCUT2D eigenvalue weighted by Gasteiger charge is 2.36. The van der Waals surface area contributed by atoms with E-state index in [1.54, 1.807) is 18.0 Å². The fraction of sp³-hybridized carbons (Fsp3) is 0.400. The number of carbonyl (C=O) groups excluding carboxylic acids is 1. The van der Waals surface area contributed by atoms with E-state index >= 15 is 0 Å². The van der Waals surface area contributed by atoms with Crippen LogP contribution in [0.1, 0.15) is 34.5 Å². The van der Waals surface area contributed by atoms with Gasteiger partial charge in [-0.2, -0.15) is 9.49 Å². The Kier molecular flexibility index (Phi) is 4.29. The van der Waals surface area contributed by atoms with E-state index in [-0.39, 0.29) is 29.2 Å². The highest BCUT2D eigenvalue weighted by Crippen LogP contribution is 2.32. The molecule has 0 N–H and O–H groups in total. The number of pyridine rings is 1. The molecule has 23 heavy (non-hydrogen) atoms. The lowest BCUT2D eigenvalue weighted by molar-refractivity contribution is 0.0723. The minimum absolute atomic E-state index is 0.0115. The van der Waals surface area contributed by atoms with Gasteiger partial charge in [0.05, 0.1) is 10.7 Å². The number of hydrogen-bond acceptors (Lipinski definition) is 3. The van der Waals surface area contributed by atoms with Crippen LogP contribution in [0.2, 0.25) is 10.2 Å². The SMILES string of the molecule is Cc1nn(C)c(F)c1C(=O)N(Cc1cnc(Cl)cc1Cl)C1CC1. The second-order valence-electron chi connectivity index (χ2n) is 5.64. The summed E-state index contributed by atoms with van der Waals surface area (Å²) in [6.07, 6.45) is 3.33. The molecule has 1 aliphatic rings. The summed E-state index contributed by atoms with van der Waals surface area (Å²) in [5.41, 5.74) is 1.07. The first-order chi connectivity index (χ1) is 10.9. The van der Waals surface area contributed by atoms with Gasteiger partial charge in [0.1, 0.15) is 10.7 Å². The molecule has 2 heterocycles. The smallest absolute Gasteiger partial charge is 0.260 e. The minimum Gasteiger partial charge on any atom is -0.331 e. The fourth-order valence-corrected chi connectivity index (χ4v) is 2.93. The molecule has 8 heteroatoms. The largest absolute Gasteiger partial charge is 0.331 e. The summed E-state index contributed by atoms with van der Waals surface area (Å²) in [6, 6.07) is 1.62. The van der Waals surface area contributed by atoms with Gasteiger partial charge in [-0.05, 0) is 25.8 Å². The molecule has 0 atom stereocenters. The number of halogens is 3. The van der Waals surface area contributed by atoms with Crippen LogP contribution >= 0.6 is 23.2 Å². The molecule has 0 radical (unpaired) electrons. The van der Waals surface area contributed by atoms with Crippen molar-refractivity contribution in [1.29, 1.82) is 0 Å². The Bertz CT molecular complexity index is 773. The summed E-state index contributed by atoms with van der Waals surface area (Å²) in [7, 11) is 1.47. The number of rotatable bonds is 4. The number of carbonyl (C=O) groups is 1. The van der Waals surface area contributed by atoms with Crippen molar-refractivity contribution >= 4 is 29.1 Å². The normalized spacial score (nSPS) is 14.1. The Hall–Kier alpha value is -1.66. The highest BCUT2D eigenvalue weighted by molar-refractivity contribution is 6.34. The summed E-state index contributed by atoms with van der Waals surface area (Å²) in [6.45, 7) is 1.89. The molecule has 0 saturated heterocycles. The Morgan fingerprint density at radius 3 is 2.70 bits per heavy atom. The van der Waals surface area contributed by atoms with E-state index in [4.69, 9.17) is 23.2 Å². The zero-order chi connectivity index (χ0) is 16.7. The molecule has 1 amide bonds. The molecule has 0 aliphatic heterocycles. The van der Waals surface area contributed by atoms with Crippen LogP contribution in [0.4, 0.5) is 4.39 Å². The Balaban J connectivity index is 1.91. The van der Waals surface area contributed by atoms with Crippen molar-refractivity contribution in [3.63, 3.8) is 0 Å². The summed E-state index contributed by atoms with van der Waals surface area (Å²) in [5.74, 6) is -1.000. The van der Waals surface area contributed by atoms with Crippen LogP contribution in [0.5, 0.6) is 0 Å². The third kappa shape index (κ3) is 3.19. The lowest BCUT2D eigenvalue weighted by atomic mass is 10.2. The third-order valence-corrected chi connectivity index (χ3v) is 4.41. The number of hydrogen-bond donors (Lipinski definition) is 0. The molecule has 0 spiro atoms. The molecule has 0 bridgehead atoms. The maximum absolute atomic E-state index is 14.2.